The van der Waals surface area contributed by atoms with Gasteiger partial charge in [0, 0.05) is 18.6 Å². The van der Waals surface area contributed by atoms with Crippen LogP contribution in [0.25, 0.3) is 0 Å². The number of piperidine rings is 1. The summed E-state index contributed by atoms with van der Waals surface area (Å²) in [6, 6.07) is 7.14. The number of nitrogens with zero attached hydrogens (tertiary/aromatic N) is 1. The maximum atomic E-state index is 13.5. The SMILES string of the molecule is Cc1ccc(CNCC2CC3CCC(C2)N3C)cc1F. The lowest BCUT2D eigenvalue weighted by Crippen LogP contribution is -2.42. The molecule has 0 saturated carbocycles. The number of nitrogens with one attached hydrogen (secondary N) is 1. The van der Waals surface area contributed by atoms with Gasteiger partial charge in [0.2, 0.25) is 0 Å². The van der Waals surface area contributed by atoms with E-state index in [1.165, 1.54) is 25.7 Å². The molecular weight excluding hydrogens is 251 g/mol. The van der Waals surface area contributed by atoms with E-state index in [-0.39, 0.29) is 5.82 Å². The van der Waals surface area contributed by atoms with Gasteiger partial charge in [0.25, 0.3) is 0 Å². The van der Waals surface area contributed by atoms with E-state index in [4.69, 9.17) is 0 Å². The number of hydrogen-bond acceptors (Lipinski definition) is 2. The second-order valence-electron chi connectivity index (χ2n) is 6.60. The average Bonchev–Trinajstić information content (AvgIpc) is 2.65. The Balaban J connectivity index is 1.47. The van der Waals surface area contributed by atoms with Crippen LogP contribution in [-0.2, 0) is 6.54 Å². The highest BCUT2D eigenvalue weighted by molar-refractivity contribution is 5.23. The zero-order valence-corrected chi connectivity index (χ0v) is 12.5. The van der Waals surface area contributed by atoms with Crippen LogP contribution < -0.4 is 5.32 Å². The Labute approximate surface area is 121 Å². The molecule has 20 heavy (non-hydrogen) atoms. The van der Waals surface area contributed by atoms with E-state index in [1.807, 2.05) is 12.1 Å². The Bertz CT molecular complexity index is 460. The zero-order valence-electron chi connectivity index (χ0n) is 12.5. The van der Waals surface area contributed by atoms with Crippen LogP contribution in [0.2, 0.25) is 0 Å². The molecule has 1 aromatic carbocycles. The summed E-state index contributed by atoms with van der Waals surface area (Å²) in [5, 5.41) is 3.52. The topological polar surface area (TPSA) is 15.3 Å². The standard InChI is InChI=1S/C17H25FN2/c1-12-3-4-13(9-17(12)18)10-19-11-14-7-15-5-6-16(8-14)20(15)2/h3-4,9,14-16,19H,5-8,10-11H2,1-2H3. The molecule has 2 aliphatic heterocycles. The summed E-state index contributed by atoms with van der Waals surface area (Å²) in [6.45, 7) is 3.65. The van der Waals surface area contributed by atoms with Gasteiger partial charge in [-0.25, -0.2) is 4.39 Å². The first-order valence-electron chi connectivity index (χ1n) is 7.81. The van der Waals surface area contributed by atoms with E-state index in [2.05, 4.69) is 17.3 Å². The first kappa shape index (κ1) is 14.0. The molecular formula is C17H25FN2. The molecule has 1 aromatic rings. The molecule has 110 valence electrons. The van der Waals surface area contributed by atoms with E-state index in [0.717, 1.165) is 42.2 Å². The Morgan fingerprint density at radius 3 is 2.60 bits per heavy atom. The second kappa shape index (κ2) is 5.82. The van der Waals surface area contributed by atoms with Crippen LogP contribution in [0.4, 0.5) is 4.39 Å². The summed E-state index contributed by atoms with van der Waals surface area (Å²) in [5.41, 5.74) is 1.77. The van der Waals surface area contributed by atoms with Crippen molar-refractivity contribution in [3.8, 4) is 0 Å². The third-order valence-corrected chi connectivity index (χ3v) is 5.19. The van der Waals surface area contributed by atoms with E-state index in [0.29, 0.717) is 0 Å². The molecule has 2 atom stereocenters. The molecule has 2 fully saturated rings. The molecule has 0 radical (unpaired) electrons. The van der Waals surface area contributed by atoms with Crippen molar-refractivity contribution < 1.29 is 4.39 Å². The van der Waals surface area contributed by atoms with Gasteiger partial charge < -0.3 is 10.2 Å². The Hall–Kier alpha value is -0.930. The fourth-order valence-electron chi connectivity index (χ4n) is 3.86. The maximum absolute atomic E-state index is 13.5. The molecule has 0 aromatic heterocycles. The predicted octanol–water partition coefficient (Wildman–Crippen LogP) is 3.10. The van der Waals surface area contributed by atoms with Gasteiger partial charge in [0.15, 0.2) is 0 Å². The van der Waals surface area contributed by atoms with Crippen molar-refractivity contribution in [3.05, 3.63) is 35.1 Å². The van der Waals surface area contributed by atoms with Crippen LogP contribution in [0.5, 0.6) is 0 Å². The first-order valence-corrected chi connectivity index (χ1v) is 7.81. The maximum Gasteiger partial charge on any atom is 0.126 e. The Morgan fingerprint density at radius 1 is 1.25 bits per heavy atom. The second-order valence-corrected chi connectivity index (χ2v) is 6.60. The number of aryl methyl sites for hydroxylation is 1. The van der Waals surface area contributed by atoms with Gasteiger partial charge in [-0.15, -0.1) is 0 Å². The summed E-state index contributed by atoms with van der Waals surface area (Å²) in [5.74, 6) is 0.695. The van der Waals surface area contributed by atoms with Gasteiger partial charge in [-0.1, -0.05) is 12.1 Å². The third kappa shape index (κ3) is 2.89. The Kier molecular flexibility index (Phi) is 4.08. The fraction of sp³-hybridized carbons (Fsp3) is 0.647. The van der Waals surface area contributed by atoms with Crippen molar-refractivity contribution in [2.24, 2.45) is 5.92 Å². The molecule has 0 spiro atoms. The van der Waals surface area contributed by atoms with Crippen molar-refractivity contribution >= 4 is 0 Å². The summed E-state index contributed by atoms with van der Waals surface area (Å²) < 4.78 is 13.5. The highest BCUT2D eigenvalue weighted by Crippen LogP contribution is 2.36. The van der Waals surface area contributed by atoms with Gasteiger partial charge in [-0.05, 0) is 69.3 Å². The first-order chi connectivity index (χ1) is 9.63. The molecule has 3 rings (SSSR count). The summed E-state index contributed by atoms with van der Waals surface area (Å²) >= 11 is 0. The minimum absolute atomic E-state index is 0.0957. The van der Waals surface area contributed by atoms with Crippen LogP contribution >= 0.6 is 0 Å². The van der Waals surface area contributed by atoms with Crippen molar-refractivity contribution in [1.29, 1.82) is 0 Å². The lowest BCUT2D eigenvalue weighted by molar-refractivity contribution is 0.133. The van der Waals surface area contributed by atoms with E-state index in [9.17, 15) is 4.39 Å². The largest absolute Gasteiger partial charge is 0.312 e. The minimum atomic E-state index is -0.0957. The molecule has 1 N–H and O–H groups in total. The number of halogens is 1. The zero-order chi connectivity index (χ0) is 14.1. The summed E-state index contributed by atoms with van der Waals surface area (Å²) in [7, 11) is 2.28. The van der Waals surface area contributed by atoms with Gasteiger partial charge in [0.1, 0.15) is 5.82 Å². The molecule has 0 amide bonds. The van der Waals surface area contributed by atoms with Crippen molar-refractivity contribution in [2.75, 3.05) is 13.6 Å². The highest BCUT2D eigenvalue weighted by atomic mass is 19.1. The number of rotatable bonds is 4. The van der Waals surface area contributed by atoms with Gasteiger partial charge in [-0.2, -0.15) is 0 Å². The molecule has 2 nitrogen and oxygen atoms in total. The van der Waals surface area contributed by atoms with Crippen LogP contribution in [0, 0.1) is 18.7 Å². The van der Waals surface area contributed by atoms with E-state index >= 15 is 0 Å². The van der Waals surface area contributed by atoms with Gasteiger partial charge in [0.05, 0.1) is 0 Å². The Morgan fingerprint density at radius 2 is 1.95 bits per heavy atom. The lowest BCUT2D eigenvalue weighted by atomic mass is 9.91. The van der Waals surface area contributed by atoms with Crippen LogP contribution in [-0.4, -0.2) is 30.6 Å². The lowest BCUT2D eigenvalue weighted by Gasteiger charge is -2.36. The number of benzene rings is 1. The monoisotopic (exact) mass is 276 g/mol. The fourth-order valence-corrected chi connectivity index (χ4v) is 3.86. The normalized spacial score (nSPS) is 29.9. The van der Waals surface area contributed by atoms with Crippen molar-refractivity contribution in [2.45, 2.75) is 51.2 Å². The quantitative estimate of drug-likeness (QED) is 0.909. The van der Waals surface area contributed by atoms with Gasteiger partial charge in [-0.3, -0.25) is 0 Å². The minimum Gasteiger partial charge on any atom is -0.312 e. The predicted molar refractivity (Wildman–Crippen MR) is 80.1 cm³/mol. The number of hydrogen-bond donors (Lipinski definition) is 1. The third-order valence-electron chi connectivity index (χ3n) is 5.19. The molecule has 2 heterocycles. The number of fused-ring (bicyclic) bond motifs is 2. The van der Waals surface area contributed by atoms with E-state index in [1.54, 1.807) is 13.0 Å². The van der Waals surface area contributed by atoms with Crippen molar-refractivity contribution in [3.63, 3.8) is 0 Å². The average molecular weight is 276 g/mol. The van der Waals surface area contributed by atoms with Crippen LogP contribution in [0.1, 0.15) is 36.8 Å². The van der Waals surface area contributed by atoms with Crippen LogP contribution in [0.15, 0.2) is 18.2 Å². The van der Waals surface area contributed by atoms with Crippen molar-refractivity contribution in [1.82, 2.24) is 10.2 Å². The van der Waals surface area contributed by atoms with E-state index < -0.39 is 0 Å². The molecule has 0 aliphatic carbocycles. The van der Waals surface area contributed by atoms with Gasteiger partial charge >= 0.3 is 0 Å². The summed E-state index contributed by atoms with van der Waals surface area (Å²) in [6.07, 6.45) is 5.40. The smallest absolute Gasteiger partial charge is 0.126 e. The molecule has 2 aliphatic rings. The highest BCUT2D eigenvalue weighted by Gasteiger charge is 2.37. The van der Waals surface area contributed by atoms with Crippen LogP contribution in [0.3, 0.4) is 0 Å². The molecule has 2 unspecified atom stereocenters. The molecule has 2 bridgehead atoms. The summed E-state index contributed by atoms with van der Waals surface area (Å²) in [4.78, 5) is 2.58. The molecule has 3 heteroatoms. The molecule has 2 saturated heterocycles.